The number of aryl methyl sites for hydroxylation is 1. The number of hydrogen-bond acceptors (Lipinski definition) is 2. The summed E-state index contributed by atoms with van der Waals surface area (Å²) in [5, 5.41) is 0. The smallest absolute Gasteiger partial charge is 0.199 e. The SMILES string of the molecule is Cc1ccc(C(=O)c2ccoc2)c(F)c1. The number of rotatable bonds is 2. The average Bonchev–Trinajstić information content (AvgIpc) is 2.69. The van der Waals surface area contributed by atoms with Crippen molar-refractivity contribution < 1.29 is 13.6 Å². The Kier molecular flexibility index (Phi) is 2.37. The number of benzene rings is 1. The summed E-state index contributed by atoms with van der Waals surface area (Å²) in [6, 6.07) is 6.05. The Hall–Kier alpha value is -1.90. The first kappa shape index (κ1) is 9.65. The van der Waals surface area contributed by atoms with Gasteiger partial charge in [-0.2, -0.15) is 0 Å². The lowest BCUT2D eigenvalue weighted by atomic mass is 10.0. The molecule has 0 bridgehead atoms. The van der Waals surface area contributed by atoms with Crippen molar-refractivity contribution in [3.05, 3.63) is 59.3 Å². The summed E-state index contributed by atoms with van der Waals surface area (Å²) in [4.78, 5) is 11.7. The number of ketones is 1. The second-order valence-corrected chi connectivity index (χ2v) is 3.32. The average molecular weight is 204 g/mol. The highest BCUT2D eigenvalue weighted by molar-refractivity contribution is 6.08. The van der Waals surface area contributed by atoms with Crippen molar-refractivity contribution in [2.75, 3.05) is 0 Å². The standard InChI is InChI=1S/C12H9FO2/c1-8-2-3-10(11(13)6-8)12(14)9-4-5-15-7-9/h2-7H,1H3. The number of hydrogen-bond donors (Lipinski definition) is 0. The molecular weight excluding hydrogens is 195 g/mol. The van der Waals surface area contributed by atoms with Gasteiger partial charge in [0.15, 0.2) is 5.78 Å². The predicted octanol–water partition coefficient (Wildman–Crippen LogP) is 2.96. The van der Waals surface area contributed by atoms with E-state index < -0.39 is 5.82 Å². The fraction of sp³-hybridized carbons (Fsp3) is 0.0833. The summed E-state index contributed by atoms with van der Waals surface area (Å²) < 4.78 is 18.2. The molecule has 2 rings (SSSR count). The summed E-state index contributed by atoms with van der Waals surface area (Å²) in [5.74, 6) is -0.859. The van der Waals surface area contributed by atoms with E-state index in [1.54, 1.807) is 13.0 Å². The maximum atomic E-state index is 13.4. The monoisotopic (exact) mass is 204 g/mol. The fourth-order valence-electron chi connectivity index (χ4n) is 1.35. The molecule has 15 heavy (non-hydrogen) atoms. The Morgan fingerprint density at radius 3 is 2.73 bits per heavy atom. The Bertz CT molecular complexity index is 486. The first-order valence-corrected chi connectivity index (χ1v) is 4.51. The normalized spacial score (nSPS) is 10.3. The number of halogens is 1. The molecule has 3 heteroatoms. The van der Waals surface area contributed by atoms with E-state index >= 15 is 0 Å². The van der Waals surface area contributed by atoms with Crippen LogP contribution in [0.1, 0.15) is 21.5 Å². The Morgan fingerprint density at radius 2 is 2.13 bits per heavy atom. The zero-order valence-corrected chi connectivity index (χ0v) is 8.16. The molecule has 1 heterocycles. The van der Waals surface area contributed by atoms with Crippen LogP contribution < -0.4 is 0 Å². The largest absolute Gasteiger partial charge is 0.472 e. The van der Waals surface area contributed by atoms with Crippen molar-refractivity contribution in [3.63, 3.8) is 0 Å². The van der Waals surface area contributed by atoms with E-state index in [1.165, 1.54) is 30.7 Å². The van der Waals surface area contributed by atoms with Crippen molar-refractivity contribution in [3.8, 4) is 0 Å². The fourth-order valence-corrected chi connectivity index (χ4v) is 1.35. The highest BCUT2D eigenvalue weighted by Gasteiger charge is 2.14. The first-order chi connectivity index (χ1) is 7.18. The topological polar surface area (TPSA) is 30.2 Å². The lowest BCUT2D eigenvalue weighted by molar-refractivity contribution is 0.103. The van der Waals surface area contributed by atoms with Gasteiger partial charge in [0.05, 0.1) is 17.4 Å². The van der Waals surface area contributed by atoms with E-state index in [-0.39, 0.29) is 11.3 Å². The molecule has 76 valence electrons. The zero-order valence-electron chi connectivity index (χ0n) is 8.16. The summed E-state index contributed by atoms with van der Waals surface area (Å²) in [6.07, 6.45) is 2.70. The van der Waals surface area contributed by atoms with Crippen molar-refractivity contribution in [2.24, 2.45) is 0 Å². The van der Waals surface area contributed by atoms with Gasteiger partial charge >= 0.3 is 0 Å². The van der Waals surface area contributed by atoms with Gasteiger partial charge in [0.2, 0.25) is 0 Å². The molecular formula is C12H9FO2. The summed E-state index contributed by atoms with van der Waals surface area (Å²) >= 11 is 0. The minimum Gasteiger partial charge on any atom is -0.472 e. The van der Waals surface area contributed by atoms with E-state index in [1.807, 2.05) is 0 Å². The molecule has 0 saturated heterocycles. The molecule has 1 aromatic heterocycles. The van der Waals surface area contributed by atoms with Gasteiger partial charge in [0.1, 0.15) is 12.1 Å². The van der Waals surface area contributed by atoms with Crippen molar-refractivity contribution in [2.45, 2.75) is 6.92 Å². The molecule has 0 aliphatic rings. The van der Waals surface area contributed by atoms with E-state index in [0.717, 1.165) is 5.56 Å². The summed E-state index contributed by atoms with van der Waals surface area (Å²) in [5.41, 5.74) is 1.22. The molecule has 0 aliphatic carbocycles. The molecule has 0 amide bonds. The molecule has 0 fully saturated rings. The van der Waals surface area contributed by atoms with E-state index in [4.69, 9.17) is 4.42 Å². The quantitative estimate of drug-likeness (QED) is 0.704. The molecule has 0 N–H and O–H groups in total. The molecule has 1 aromatic carbocycles. The van der Waals surface area contributed by atoms with E-state index in [2.05, 4.69) is 0 Å². The molecule has 2 nitrogen and oxygen atoms in total. The van der Waals surface area contributed by atoms with Gasteiger partial charge in [-0.3, -0.25) is 4.79 Å². The minimum absolute atomic E-state index is 0.0713. The second kappa shape index (κ2) is 3.69. The third-order valence-electron chi connectivity index (χ3n) is 2.15. The van der Waals surface area contributed by atoms with Gasteiger partial charge in [-0.1, -0.05) is 6.07 Å². The molecule has 0 saturated carbocycles. The molecule has 0 aliphatic heterocycles. The van der Waals surface area contributed by atoms with Crippen molar-refractivity contribution >= 4 is 5.78 Å². The van der Waals surface area contributed by atoms with Crippen LogP contribution in [0.3, 0.4) is 0 Å². The summed E-state index contributed by atoms with van der Waals surface area (Å²) in [6.45, 7) is 1.77. The highest BCUT2D eigenvalue weighted by Crippen LogP contribution is 2.15. The zero-order chi connectivity index (χ0) is 10.8. The van der Waals surface area contributed by atoms with E-state index in [0.29, 0.717) is 5.56 Å². The molecule has 0 unspecified atom stereocenters. The first-order valence-electron chi connectivity index (χ1n) is 4.51. The van der Waals surface area contributed by atoms with Crippen LogP contribution in [0.25, 0.3) is 0 Å². The molecule has 0 atom stereocenters. The van der Waals surface area contributed by atoms with Gasteiger partial charge in [0, 0.05) is 0 Å². The van der Waals surface area contributed by atoms with Gasteiger partial charge < -0.3 is 4.42 Å². The molecule has 0 radical (unpaired) electrons. The molecule has 0 spiro atoms. The Balaban J connectivity index is 2.42. The Labute approximate surface area is 86.3 Å². The Morgan fingerprint density at radius 1 is 1.33 bits per heavy atom. The van der Waals surface area contributed by atoms with Crippen LogP contribution in [-0.2, 0) is 0 Å². The van der Waals surface area contributed by atoms with Gasteiger partial charge in [0.25, 0.3) is 0 Å². The molecule has 2 aromatic rings. The number of furan rings is 1. The lowest BCUT2D eigenvalue weighted by Gasteiger charge is -2.00. The maximum absolute atomic E-state index is 13.4. The van der Waals surface area contributed by atoms with Crippen LogP contribution in [0, 0.1) is 12.7 Å². The van der Waals surface area contributed by atoms with Crippen LogP contribution in [0.5, 0.6) is 0 Å². The van der Waals surface area contributed by atoms with Crippen LogP contribution in [0.2, 0.25) is 0 Å². The number of carbonyl (C=O) groups is 1. The van der Waals surface area contributed by atoms with Crippen LogP contribution >= 0.6 is 0 Å². The minimum atomic E-state index is -0.499. The van der Waals surface area contributed by atoms with Gasteiger partial charge in [-0.15, -0.1) is 0 Å². The number of carbonyl (C=O) groups excluding carboxylic acids is 1. The van der Waals surface area contributed by atoms with Crippen LogP contribution in [-0.4, -0.2) is 5.78 Å². The highest BCUT2D eigenvalue weighted by atomic mass is 19.1. The van der Waals surface area contributed by atoms with Crippen LogP contribution in [0.15, 0.2) is 41.2 Å². The van der Waals surface area contributed by atoms with Crippen molar-refractivity contribution in [1.29, 1.82) is 0 Å². The third-order valence-corrected chi connectivity index (χ3v) is 2.15. The lowest BCUT2D eigenvalue weighted by Crippen LogP contribution is -2.02. The third kappa shape index (κ3) is 1.81. The second-order valence-electron chi connectivity index (χ2n) is 3.32. The van der Waals surface area contributed by atoms with Gasteiger partial charge in [-0.25, -0.2) is 4.39 Å². The van der Waals surface area contributed by atoms with Crippen molar-refractivity contribution in [1.82, 2.24) is 0 Å². The van der Waals surface area contributed by atoms with Crippen LogP contribution in [0.4, 0.5) is 4.39 Å². The maximum Gasteiger partial charge on any atom is 0.199 e. The van der Waals surface area contributed by atoms with Gasteiger partial charge in [-0.05, 0) is 30.7 Å². The van der Waals surface area contributed by atoms with E-state index in [9.17, 15) is 9.18 Å². The summed E-state index contributed by atoms with van der Waals surface area (Å²) in [7, 11) is 0. The predicted molar refractivity (Wildman–Crippen MR) is 53.3 cm³/mol.